The standard InChI is InChI=1S/C12H15BrINO/c1-9-6-10(8-11(13)7-9)12(16)15-5-3-2-4-14/h6-8H,2-5H2,1H3,(H,15,16). The van der Waals surface area contributed by atoms with E-state index in [0.29, 0.717) is 0 Å². The van der Waals surface area contributed by atoms with Crippen LogP contribution in [-0.2, 0) is 0 Å². The predicted molar refractivity (Wildman–Crippen MR) is 79.3 cm³/mol. The van der Waals surface area contributed by atoms with Gasteiger partial charge >= 0.3 is 0 Å². The smallest absolute Gasteiger partial charge is 0.251 e. The molecule has 0 spiro atoms. The zero-order valence-electron chi connectivity index (χ0n) is 9.22. The van der Waals surface area contributed by atoms with E-state index in [1.54, 1.807) is 0 Å². The number of carbonyl (C=O) groups excluding carboxylic acids is 1. The number of hydrogen-bond donors (Lipinski definition) is 1. The number of amides is 1. The first-order valence-corrected chi connectivity index (χ1v) is 7.56. The van der Waals surface area contributed by atoms with E-state index in [2.05, 4.69) is 43.8 Å². The Morgan fingerprint density at radius 3 is 2.75 bits per heavy atom. The van der Waals surface area contributed by atoms with Crippen LogP contribution in [0.4, 0.5) is 0 Å². The van der Waals surface area contributed by atoms with Gasteiger partial charge in [0.15, 0.2) is 0 Å². The number of rotatable bonds is 5. The molecule has 1 N–H and O–H groups in total. The van der Waals surface area contributed by atoms with Gasteiger partial charge in [-0.3, -0.25) is 4.79 Å². The van der Waals surface area contributed by atoms with Gasteiger partial charge in [0, 0.05) is 16.6 Å². The van der Waals surface area contributed by atoms with E-state index in [1.165, 1.54) is 0 Å². The lowest BCUT2D eigenvalue weighted by atomic mass is 10.1. The summed E-state index contributed by atoms with van der Waals surface area (Å²) in [7, 11) is 0. The molecule has 1 rings (SSSR count). The molecule has 0 bridgehead atoms. The Hall–Kier alpha value is -0.100. The molecule has 0 aliphatic rings. The van der Waals surface area contributed by atoms with Gasteiger partial charge in [0.2, 0.25) is 0 Å². The Morgan fingerprint density at radius 2 is 2.12 bits per heavy atom. The molecule has 0 saturated carbocycles. The van der Waals surface area contributed by atoms with Crippen LogP contribution in [0.2, 0.25) is 0 Å². The van der Waals surface area contributed by atoms with E-state index in [-0.39, 0.29) is 5.91 Å². The number of nitrogens with one attached hydrogen (secondary N) is 1. The van der Waals surface area contributed by atoms with Crippen molar-refractivity contribution in [3.63, 3.8) is 0 Å². The Morgan fingerprint density at radius 1 is 1.38 bits per heavy atom. The number of aryl methyl sites for hydroxylation is 1. The van der Waals surface area contributed by atoms with E-state index in [9.17, 15) is 4.79 Å². The highest BCUT2D eigenvalue weighted by molar-refractivity contribution is 14.1. The molecular formula is C12H15BrINO. The second-order valence-corrected chi connectivity index (χ2v) is 5.66. The van der Waals surface area contributed by atoms with Crippen LogP contribution in [0.3, 0.4) is 0 Å². The van der Waals surface area contributed by atoms with Crippen molar-refractivity contribution in [3.05, 3.63) is 33.8 Å². The van der Waals surface area contributed by atoms with Gasteiger partial charge in [0.25, 0.3) is 5.91 Å². The number of unbranched alkanes of at least 4 members (excludes halogenated alkanes) is 1. The Kier molecular flexibility index (Phi) is 6.34. The molecule has 1 amide bonds. The van der Waals surface area contributed by atoms with E-state index in [4.69, 9.17) is 0 Å². The van der Waals surface area contributed by atoms with Crippen molar-refractivity contribution in [2.24, 2.45) is 0 Å². The summed E-state index contributed by atoms with van der Waals surface area (Å²) in [5.41, 5.74) is 1.81. The van der Waals surface area contributed by atoms with Gasteiger partial charge < -0.3 is 5.32 Å². The van der Waals surface area contributed by atoms with Crippen LogP contribution in [0.25, 0.3) is 0 Å². The van der Waals surface area contributed by atoms with Gasteiger partial charge in [-0.1, -0.05) is 38.5 Å². The Labute approximate surface area is 118 Å². The maximum Gasteiger partial charge on any atom is 0.251 e. The summed E-state index contributed by atoms with van der Waals surface area (Å²) < 4.78 is 2.09. The van der Waals surface area contributed by atoms with Crippen LogP contribution < -0.4 is 5.32 Å². The Bertz CT molecular complexity index is 348. The van der Waals surface area contributed by atoms with Crippen molar-refractivity contribution < 1.29 is 4.79 Å². The second-order valence-electron chi connectivity index (χ2n) is 3.67. The predicted octanol–water partition coefficient (Wildman–Crippen LogP) is 3.70. The molecule has 1 aromatic carbocycles. The number of halogens is 2. The first kappa shape index (κ1) is 14.0. The molecular weight excluding hydrogens is 381 g/mol. The molecule has 0 heterocycles. The van der Waals surface area contributed by atoms with Gasteiger partial charge in [-0.05, 0) is 48.0 Å². The minimum atomic E-state index is 0.0119. The van der Waals surface area contributed by atoms with Gasteiger partial charge in [0.05, 0.1) is 0 Å². The quantitative estimate of drug-likeness (QED) is 0.459. The number of carbonyl (C=O) groups is 1. The molecule has 0 aromatic heterocycles. The molecule has 0 radical (unpaired) electrons. The molecule has 4 heteroatoms. The first-order chi connectivity index (χ1) is 7.63. The molecule has 2 nitrogen and oxygen atoms in total. The Balaban J connectivity index is 2.52. The zero-order chi connectivity index (χ0) is 12.0. The number of benzene rings is 1. The summed E-state index contributed by atoms with van der Waals surface area (Å²) in [4.78, 5) is 11.8. The molecule has 16 heavy (non-hydrogen) atoms. The highest BCUT2D eigenvalue weighted by Crippen LogP contribution is 2.15. The number of hydrogen-bond acceptors (Lipinski definition) is 1. The number of alkyl halides is 1. The minimum absolute atomic E-state index is 0.0119. The second kappa shape index (κ2) is 7.27. The lowest BCUT2D eigenvalue weighted by Gasteiger charge is -2.06. The summed E-state index contributed by atoms with van der Waals surface area (Å²) in [5, 5.41) is 2.93. The fourth-order valence-electron chi connectivity index (χ4n) is 1.39. The van der Waals surface area contributed by atoms with Gasteiger partial charge in [0.1, 0.15) is 0 Å². The van der Waals surface area contributed by atoms with Crippen molar-refractivity contribution >= 4 is 44.4 Å². The highest BCUT2D eigenvalue weighted by Gasteiger charge is 2.05. The third-order valence-corrected chi connectivity index (χ3v) is 3.37. The molecule has 0 saturated heterocycles. The van der Waals surface area contributed by atoms with E-state index in [1.807, 2.05) is 25.1 Å². The molecule has 0 fully saturated rings. The largest absolute Gasteiger partial charge is 0.352 e. The van der Waals surface area contributed by atoms with Crippen LogP contribution in [-0.4, -0.2) is 16.9 Å². The van der Waals surface area contributed by atoms with Crippen molar-refractivity contribution in [1.29, 1.82) is 0 Å². The van der Waals surface area contributed by atoms with Crippen molar-refractivity contribution in [2.45, 2.75) is 19.8 Å². The fraction of sp³-hybridized carbons (Fsp3) is 0.417. The maximum absolute atomic E-state index is 11.8. The molecule has 0 unspecified atom stereocenters. The summed E-state index contributed by atoms with van der Waals surface area (Å²) in [6.45, 7) is 2.74. The SMILES string of the molecule is Cc1cc(Br)cc(C(=O)NCCCCI)c1. The van der Waals surface area contributed by atoms with Crippen molar-refractivity contribution in [2.75, 3.05) is 11.0 Å². The first-order valence-electron chi connectivity index (χ1n) is 5.25. The lowest BCUT2D eigenvalue weighted by molar-refractivity contribution is 0.0953. The molecule has 0 atom stereocenters. The van der Waals surface area contributed by atoms with Crippen LogP contribution in [0.5, 0.6) is 0 Å². The van der Waals surface area contributed by atoms with Crippen LogP contribution in [0, 0.1) is 6.92 Å². The third-order valence-electron chi connectivity index (χ3n) is 2.15. The summed E-state index contributed by atoms with van der Waals surface area (Å²) in [6.07, 6.45) is 2.19. The van der Waals surface area contributed by atoms with Gasteiger partial charge in [-0.25, -0.2) is 0 Å². The molecule has 0 aliphatic carbocycles. The molecule has 0 aliphatic heterocycles. The minimum Gasteiger partial charge on any atom is -0.352 e. The van der Waals surface area contributed by atoms with Crippen LogP contribution in [0.1, 0.15) is 28.8 Å². The topological polar surface area (TPSA) is 29.1 Å². The fourth-order valence-corrected chi connectivity index (χ4v) is 2.54. The average molecular weight is 396 g/mol. The van der Waals surface area contributed by atoms with E-state index >= 15 is 0 Å². The van der Waals surface area contributed by atoms with Crippen LogP contribution in [0.15, 0.2) is 22.7 Å². The van der Waals surface area contributed by atoms with E-state index in [0.717, 1.165) is 39.4 Å². The third kappa shape index (κ3) is 4.82. The summed E-state index contributed by atoms with van der Waals surface area (Å²) in [5.74, 6) is 0.0119. The lowest BCUT2D eigenvalue weighted by Crippen LogP contribution is -2.24. The van der Waals surface area contributed by atoms with Gasteiger partial charge in [-0.15, -0.1) is 0 Å². The maximum atomic E-state index is 11.8. The molecule has 88 valence electrons. The van der Waals surface area contributed by atoms with Gasteiger partial charge in [-0.2, -0.15) is 0 Å². The normalized spacial score (nSPS) is 10.2. The van der Waals surface area contributed by atoms with E-state index < -0.39 is 0 Å². The monoisotopic (exact) mass is 395 g/mol. The summed E-state index contributed by atoms with van der Waals surface area (Å²) >= 11 is 5.74. The highest BCUT2D eigenvalue weighted by atomic mass is 127. The van der Waals surface area contributed by atoms with Crippen molar-refractivity contribution in [3.8, 4) is 0 Å². The van der Waals surface area contributed by atoms with Crippen LogP contribution >= 0.6 is 38.5 Å². The zero-order valence-corrected chi connectivity index (χ0v) is 13.0. The summed E-state index contributed by atoms with van der Waals surface area (Å²) in [6, 6.07) is 5.74. The molecule has 1 aromatic rings. The van der Waals surface area contributed by atoms with Crippen molar-refractivity contribution in [1.82, 2.24) is 5.32 Å². The average Bonchev–Trinajstić information content (AvgIpc) is 2.22.